The van der Waals surface area contributed by atoms with Crippen LogP contribution in [0.5, 0.6) is 5.75 Å². The van der Waals surface area contributed by atoms with Crippen molar-refractivity contribution in [2.45, 2.75) is 0 Å². The van der Waals surface area contributed by atoms with E-state index in [1.807, 2.05) is 0 Å². The summed E-state index contributed by atoms with van der Waals surface area (Å²) in [4.78, 5) is 26.2. The molecule has 0 saturated heterocycles. The van der Waals surface area contributed by atoms with Crippen molar-refractivity contribution < 1.29 is 19.4 Å². The number of benzene rings is 1. The van der Waals surface area contributed by atoms with Gasteiger partial charge in [0.2, 0.25) is 0 Å². The third-order valence-electron chi connectivity index (χ3n) is 2.22. The summed E-state index contributed by atoms with van der Waals surface area (Å²) in [5.41, 5.74) is -0.326. The SMILES string of the molecule is O=C(O)c1cccc(C(=O)Oc2ccccc2Cl)n1. The molecular weight excluding hydrogens is 270 g/mol. The second kappa shape index (κ2) is 5.49. The normalized spacial score (nSPS) is 9.95. The zero-order chi connectivity index (χ0) is 13.8. The monoisotopic (exact) mass is 277 g/mol. The number of para-hydroxylation sites is 1. The van der Waals surface area contributed by atoms with Crippen molar-refractivity contribution in [3.63, 3.8) is 0 Å². The van der Waals surface area contributed by atoms with Gasteiger partial charge in [-0.3, -0.25) is 0 Å². The van der Waals surface area contributed by atoms with E-state index in [9.17, 15) is 9.59 Å². The summed E-state index contributed by atoms with van der Waals surface area (Å²) < 4.78 is 5.04. The molecule has 1 aromatic carbocycles. The molecule has 0 amide bonds. The van der Waals surface area contributed by atoms with Gasteiger partial charge in [0.05, 0.1) is 5.02 Å². The highest BCUT2D eigenvalue weighted by Gasteiger charge is 2.14. The third kappa shape index (κ3) is 3.08. The van der Waals surface area contributed by atoms with Gasteiger partial charge in [0, 0.05) is 0 Å². The molecule has 0 atom stereocenters. The maximum atomic E-state index is 11.8. The predicted molar refractivity (Wildman–Crippen MR) is 67.6 cm³/mol. The van der Waals surface area contributed by atoms with Gasteiger partial charge in [-0.25, -0.2) is 14.6 Å². The van der Waals surface area contributed by atoms with Crippen molar-refractivity contribution >= 4 is 23.5 Å². The smallest absolute Gasteiger partial charge is 0.362 e. The molecule has 0 bridgehead atoms. The fraction of sp³-hybridized carbons (Fsp3) is 0. The Labute approximate surface area is 113 Å². The van der Waals surface area contributed by atoms with Gasteiger partial charge in [0.15, 0.2) is 0 Å². The molecule has 2 aromatic rings. The predicted octanol–water partition coefficient (Wildman–Crippen LogP) is 2.65. The van der Waals surface area contributed by atoms with E-state index in [1.54, 1.807) is 18.2 Å². The number of hydrogen-bond acceptors (Lipinski definition) is 4. The van der Waals surface area contributed by atoms with E-state index >= 15 is 0 Å². The van der Waals surface area contributed by atoms with Gasteiger partial charge >= 0.3 is 11.9 Å². The molecule has 96 valence electrons. The van der Waals surface area contributed by atoms with Gasteiger partial charge < -0.3 is 9.84 Å². The van der Waals surface area contributed by atoms with Crippen LogP contribution in [-0.2, 0) is 0 Å². The summed E-state index contributed by atoms with van der Waals surface area (Å²) in [5, 5.41) is 9.07. The molecule has 2 rings (SSSR count). The molecular formula is C13H8ClNO4. The summed E-state index contributed by atoms with van der Waals surface area (Å²) >= 11 is 5.85. The van der Waals surface area contributed by atoms with Crippen molar-refractivity contribution in [2.75, 3.05) is 0 Å². The fourth-order valence-electron chi connectivity index (χ4n) is 1.35. The van der Waals surface area contributed by atoms with Crippen molar-refractivity contribution in [1.29, 1.82) is 0 Å². The lowest BCUT2D eigenvalue weighted by molar-refractivity contribution is 0.0689. The van der Waals surface area contributed by atoms with E-state index in [2.05, 4.69) is 4.98 Å². The highest BCUT2D eigenvalue weighted by Crippen LogP contribution is 2.23. The Kier molecular flexibility index (Phi) is 3.77. The first-order valence-corrected chi connectivity index (χ1v) is 5.63. The number of nitrogens with zero attached hydrogens (tertiary/aromatic N) is 1. The molecule has 1 N–H and O–H groups in total. The van der Waals surface area contributed by atoms with E-state index in [-0.39, 0.29) is 22.2 Å². The summed E-state index contributed by atoms with van der Waals surface area (Å²) in [7, 11) is 0. The summed E-state index contributed by atoms with van der Waals surface area (Å²) in [5.74, 6) is -1.79. The first-order valence-electron chi connectivity index (χ1n) is 5.25. The van der Waals surface area contributed by atoms with Crippen LogP contribution in [0.2, 0.25) is 5.02 Å². The minimum atomic E-state index is -1.22. The molecule has 0 spiro atoms. The molecule has 1 heterocycles. The largest absolute Gasteiger partial charge is 0.477 e. The Morgan fingerprint density at radius 2 is 1.74 bits per heavy atom. The van der Waals surface area contributed by atoms with Crippen LogP contribution in [0.15, 0.2) is 42.5 Å². The Hall–Kier alpha value is -2.40. The van der Waals surface area contributed by atoms with Crippen LogP contribution in [0.3, 0.4) is 0 Å². The number of esters is 1. The average molecular weight is 278 g/mol. The van der Waals surface area contributed by atoms with Gasteiger partial charge in [-0.2, -0.15) is 0 Å². The standard InChI is InChI=1S/C13H8ClNO4/c14-8-4-1-2-7-11(8)19-13(18)10-6-3-5-9(15-10)12(16)17/h1-7H,(H,16,17). The van der Waals surface area contributed by atoms with Crippen molar-refractivity contribution in [3.05, 3.63) is 58.9 Å². The van der Waals surface area contributed by atoms with Crippen molar-refractivity contribution in [1.82, 2.24) is 4.98 Å². The Morgan fingerprint density at radius 1 is 1.05 bits per heavy atom. The lowest BCUT2D eigenvalue weighted by Gasteiger charge is -2.05. The van der Waals surface area contributed by atoms with Crippen molar-refractivity contribution in [2.24, 2.45) is 0 Å². The number of aromatic nitrogens is 1. The summed E-state index contributed by atoms with van der Waals surface area (Å²) in [6, 6.07) is 10.5. The molecule has 0 saturated carbocycles. The number of aromatic carboxylic acids is 1. The van der Waals surface area contributed by atoms with E-state index < -0.39 is 11.9 Å². The van der Waals surface area contributed by atoms with Gasteiger partial charge in [-0.05, 0) is 24.3 Å². The van der Waals surface area contributed by atoms with Crippen LogP contribution in [-0.4, -0.2) is 22.0 Å². The van der Waals surface area contributed by atoms with Gasteiger partial charge in [0.25, 0.3) is 0 Å². The molecule has 5 nitrogen and oxygen atoms in total. The Morgan fingerprint density at radius 3 is 2.42 bits per heavy atom. The molecule has 0 unspecified atom stereocenters. The maximum absolute atomic E-state index is 11.8. The Balaban J connectivity index is 2.23. The number of carbonyl (C=O) groups is 2. The number of rotatable bonds is 3. The van der Waals surface area contributed by atoms with Crippen LogP contribution < -0.4 is 4.74 Å². The summed E-state index contributed by atoms with van der Waals surface area (Å²) in [6.45, 7) is 0. The number of halogens is 1. The Bertz CT molecular complexity index is 642. The average Bonchev–Trinajstić information content (AvgIpc) is 2.41. The zero-order valence-corrected chi connectivity index (χ0v) is 10.3. The molecule has 0 aliphatic heterocycles. The number of carboxylic acid groups (broad SMARTS) is 1. The number of ether oxygens (including phenoxy) is 1. The molecule has 1 aromatic heterocycles. The lowest BCUT2D eigenvalue weighted by atomic mass is 10.3. The van der Waals surface area contributed by atoms with E-state index in [4.69, 9.17) is 21.4 Å². The van der Waals surface area contributed by atoms with Gasteiger partial charge in [-0.1, -0.05) is 29.8 Å². The minimum absolute atomic E-state index is 0.0974. The number of carboxylic acids is 1. The van der Waals surface area contributed by atoms with Crippen LogP contribution in [0.25, 0.3) is 0 Å². The quantitative estimate of drug-likeness (QED) is 0.689. The van der Waals surface area contributed by atoms with Gasteiger partial charge in [-0.15, -0.1) is 0 Å². The molecule has 19 heavy (non-hydrogen) atoms. The second-order valence-electron chi connectivity index (χ2n) is 3.53. The topological polar surface area (TPSA) is 76.5 Å². The highest BCUT2D eigenvalue weighted by molar-refractivity contribution is 6.32. The number of pyridine rings is 1. The van der Waals surface area contributed by atoms with Crippen LogP contribution in [0, 0.1) is 0 Å². The summed E-state index contributed by atoms with van der Waals surface area (Å²) in [6.07, 6.45) is 0. The molecule has 0 fully saturated rings. The van der Waals surface area contributed by atoms with Crippen LogP contribution in [0.1, 0.15) is 21.0 Å². The fourth-order valence-corrected chi connectivity index (χ4v) is 1.52. The molecule has 0 radical (unpaired) electrons. The highest BCUT2D eigenvalue weighted by atomic mass is 35.5. The van der Waals surface area contributed by atoms with Crippen LogP contribution >= 0.6 is 11.6 Å². The first kappa shape index (κ1) is 13.0. The number of hydrogen-bond donors (Lipinski definition) is 1. The first-order chi connectivity index (χ1) is 9.08. The lowest BCUT2D eigenvalue weighted by Crippen LogP contribution is -2.13. The number of carbonyl (C=O) groups excluding carboxylic acids is 1. The second-order valence-corrected chi connectivity index (χ2v) is 3.94. The van der Waals surface area contributed by atoms with Crippen LogP contribution in [0.4, 0.5) is 0 Å². The molecule has 6 heteroatoms. The van der Waals surface area contributed by atoms with E-state index in [0.717, 1.165) is 0 Å². The molecule has 0 aliphatic carbocycles. The van der Waals surface area contributed by atoms with Crippen molar-refractivity contribution in [3.8, 4) is 5.75 Å². The van der Waals surface area contributed by atoms with E-state index in [1.165, 1.54) is 24.3 Å². The minimum Gasteiger partial charge on any atom is -0.477 e. The maximum Gasteiger partial charge on any atom is 0.362 e. The van der Waals surface area contributed by atoms with E-state index in [0.29, 0.717) is 0 Å². The van der Waals surface area contributed by atoms with Gasteiger partial charge in [0.1, 0.15) is 17.1 Å². The molecule has 0 aliphatic rings. The zero-order valence-electron chi connectivity index (χ0n) is 9.54. The third-order valence-corrected chi connectivity index (χ3v) is 2.53.